The molecule has 0 spiro atoms. The maximum absolute atomic E-state index is 9.74. The zero-order chi connectivity index (χ0) is 11.3. The molecule has 1 aliphatic carbocycles. The molecule has 2 heteroatoms. The van der Waals surface area contributed by atoms with Gasteiger partial charge in [-0.1, -0.05) is 41.5 Å². The van der Waals surface area contributed by atoms with Gasteiger partial charge in [-0.2, -0.15) is 0 Å². The van der Waals surface area contributed by atoms with Crippen LogP contribution >= 0.6 is 0 Å². The van der Waals surface area contributed by atoms with Crippen LogP contribution in [0.4, 0.5) is 0 Å². The normalized spacial score (nSPS) is 29.1. The van der Waals surface area contributed by atoms with Gasteiger partial charge in [-0.05, 0) is 22.0 Å². The molecule has 14 heavy (non-hydrogen) atoms. The molecule has 0 aliphatic heterocycles. The summed E-state index contributed by atoms with van der Waals surface area (Å²) in [5.41, 5.74) is 1.91. The van der Waals surface area contributed by atoms with Crippen molar-refractivity contribution in [2.45, 2.75) is 53.8 Å². The molecule has 1 aliphatic rings. The largest absolute Gasteiger partial charge is 0.386 e. The van der Waals surface area contributed by atoms with Crippen molar-refractivity contribution >= 4 is 0 Å². The Morgan fingerprint density at radius 2 is 0.929 bits per heavy atom. The van der Waals surface area contributed by atoms with Gasteiger partial charge in [0.05, 0.1) is 0 Å². The molecule has 0 saturated heterocycles. The summed E-state index contributed by atoms with van der Waals surface area (Å²) in [4.78, 5) is 0. The molecule has 0 amide bonds. The lowest BCUT2D eigenvalue weighted by molar-refractivity contribution is 0.00623. The Balaban J connectivity index is 3.17. The minimum atomic E-state index is -0.663. The molecule has 0 aromatic rings. The van der Waals surface area contributed by atoms with Gasteiger partial charge in [0.2, 0.25) is 0 Å². The van der Waals surface area contributed by atoms with Crippen LogP contribution in [-0.2, 0) is 0 Å². The molecule has 0 radical (unpaired) electrons. The van der Waals surface area contributed by atoms with Crippen molar-refractivity contribution in [1.29, 1.82) is 0 Å². The molecule has 0 bridgehead atoms. The highest BCUT2D eigenvalue weighted by atomic mass is 16.3. The van der Waals surface area contributed by atoms with E-state index >= 15 is 0 Å². The molecule has 2 atom stereocenters. The molecular weight excluding hydrogens is 176 g/mol. The summed E-state index contributed by atoms with van der Waals surface area (Å²) < 4.78 is 0. The predicted molar refractivity (Wildman–Crippen MR) is 57.9 cm³/mol. The third-order valence-electron chi connectivity index (χ3n) is 2.80. The minimum absolute atomic E-state index is 0.0543. The van der Waals surface area contributed by atoms with Crippen LogP contribution in [0.25, 0.3) is 0 Å². The summed E-state index contributed by atoms with van der Waals surface area (Å²) in [6.45, 7) is 12.4. The second kappa shape index (κ2) is 3.07. The Kier molecular flexibility index (Phi) is 2.58. The van der Waals surface area contributed by atoms with Crippen molar-refractivity contribution in [3.63, 3.8) is 0 Å². The number of aliphatic hydroxyl groups is 2. The molecule has 2 N–H and O–H groups in total. The first-order valence-corrected chi connectivity index (χ1v) is 5.18. The molecule has 0 aromatic heterocycles. The van der Waals surface area contributed by atoms with Crippen LogP contribution in [0.15, 0.2) is 11.1 Å². The zero-order valence-electron chi connectivity index (χ0n) is 10.0. The van der Waals surface area contributed by atoms with Crippen LogP contribution in [0.2, 0.25) is 0 Å². The zero-order valence-corrected chi connectivity index (χ0v) is 10.0. The van der Waals surface area contributed by atoms with E-state index in [4.69, 9.17) is 0 Å². The Morgan fingerprint density at radius 3 is 1.07 bits per heavy atom. The summed E-state index contributed by atoms with van der Waals surface area (Å²) in [5.74, 6) is 0. The first-order chi connectivity index (χ1) is 6.07. The second-order valence-electron chi connectivity index (χ2n) is 6.22. The Morgan fingerprint density at radius 1 is 0.714 bits per heavy atom. The highest BCUT2D eigenvalue weighted by molar-refractivity contribution is 5.42. The van der Waals surface area contributed by atoms with E-state index in [0.29, 0.717) is 0 Å². The van der Waals surface area contributed by atoms with Crippen molar-refractivity contribution in [1.82, 2.24) is 0 Å². The van der Waals surface area contributed by atoms with Crippen LogP contribution < -0.4 is 0 Å². The van der Waals surface area contributed by atoms with Crippen LogP contribution in [0.1, 0.15) is 41.5 Å². The van der Waals surface area contributed by atoms with Crippen LogP contribution in [0.5, 0.6) is 0 Å². The molecule has 0 saturated carbocycles. The Bertz CT molecular complexity index is 235. The van der Waals surface area contributed by atoms with Gasteiger partial charge in [0, 0.05) is 0 Å². The van der Waals surface area contributed by atoms with Gasteiger partial charge in [-0.3, -0.25) is 0 Å². The van der Waals surface area contributed by atoms with Crippen molar-refractivity contribution in [3.8, 4) is 0 Å². The smallest absolute Gasteiger partial charge is 0.106 e. The molecule has 2 nitrogen and oxygen atoms in total. The number of hydrogen-bond donors (Lipinski definition) is 2. The Hall–Kier alpha value is -0.340. The molecular formula is C12H22O2. The maximum atomic E-state index is 9.74. The van der Waals surface area contributed by atoms with Gasteiger partial charge in [-0.15, -0.1) is 0 Å². The summed E-state index contributed by atoms with van der Waals surface area (Å²) in [5, 5.41) is 19.5. The van der Waals surface area contributed by atoms with E-state index in [1.807, 2.05) is 0 Å². The van der Waals surface area contributed by atoms with Gasteiger partial charge >= 0.3 is 0 Å². The van der Waals surface area contributed by atoms with E-state index in [1.165, 1.54) is 0 Å². The fourth-order valence-corrected chi connectivity index (χ4v) is 2.23. The highest BCUT2D eigenvalue weighted by Gasteiger charge is 2.47. The first kappa shape index (κ1) is 11.7. The number of hydrogen-bond acceptors (Lipinski definition) is 2. The summed E-state index contributed by atoms with van der Waals surface area (Å²) >= 11 is 0. The monoisotopic (exact) mass is 198 g/mol. The van der Waals surface area contributed by atoms with E-state index in [0.717, 1.165) is 11.1 Å². The predicted octanol–water partition coefficient (Wildman–Crippen LogP) is 2.11. The van der Waals surface area contributed by atoms with Gasteiger partial charge in [-0.25, -0.2) is 0 Å². The first-order valence-electron chi connectivity index (χ1n) is 5.18. The standard InChI is InChI=1S/C12H22O2/c1-11(2,3)7-8(12(4,5)6)10(14)9(7)13/h9-10,13-14H,1-6H3. The lowest BCUT2D eigenvalue weighted by atomic mass is 9.62. The fraction of sp³-hybridized carbons (Fsp3) is 0.833. The van der Waals surface area contributed by atoms with E-state index in [1.54, 1.807) is 0 Å². The van der Waals surface area contributed by atoms with Crippen molar-refractivity contribution in [2.75, 3.05) is 0 Å². The second-order valence-corrected chi connectivity index (χ2v) is 6.22. The lowest BCUT2D eigenvalue weighted by Gasteiger charge is -2.47. The maximum Gasteiger partial charge on any atom is 0.106 e. The van der Waals surface area contributed by atoms with E-state index in [9.17, 15) is 10.2 Å². The summed E-state index contributed by atoms with van der Waals surface area (Å²) in [6.07, 6.45) is -1.33. The lowest BCUT2D eigenvalue weighted by Crippen LogP contribution is -2.49. The van der Waals surface area contributed by atoms with Gasteiger partial charge < -0.3 is 10.2 Å². The third kappa shape index (κ3) is 1.73. The molecule has 0 fully saturated rings. The molecule has 0 aromatic carbocycles. The van der Waals surface area contributed by atoms with Crippen LogP contribution in [0, 0.1) is 10.8 Å². The number of rotatable bonds is 0. The van der Waals surface area contributed by atoms with E-state index in [2.05, 4.69) is 41.5 Å². The van der Waals surface area contributed by atoms with Gasteiger partial charge in [0.25, 0.3) is 0 Å². The average Bonchev–Trinajstić information content (AvgIpc) is 1.93. The topological polar surface area (TPSA) is 40.5 Å². The molecule has 2 unspecified atom stereocenters. The van der Waals surface area contributed by atoms with E-state index < -0.39 is 12.2 Å². The van der Waals surface area contributed by atoms with Crippen molar-refractivity contribution < 1.29 is 10.2 Å². The quantitative estimate of drug-likeness (QED) is 0.585. The fourth-order valence-electron chi connectivity index (χ4n) is 2.23. The number of aliphatic hydroxyl groups excluding tert-OH is 2. The third-order valence-corrected chi connectivity index (χ3v) is 2.80. The van der Waals surface area contributed by atoms with Crippen LogP contribution in [0.3, 0.4) is 0 Å². The molecule has 0 heterocycles. The highest BCUT2D eigenvalue weighted by Crippen LogP contribution is 2.48. The van der Waals surface area contributed by atoms with Crippen molar-refractivity contribution in [2.24, 2.45) is 10.8 Å². The van der Waals surface area contributed by atoms with Gasteiger partial charge in [0.15, 0.2) is 0 Å². The molecule has 1 rings (SSSR count). The van der Waals surface area contributed by atoms with Crippen LogP contribution in [-0.4, -0.2) is 22.4 Å². The Labute approximate surface area is 86.6 Å². The van der Waals surface area contributed by atoms with Crippen molar-refractivity contribution in [3.05, 3.63) is 11.1 Å². The average molecular weight is 198 g/mol. The summed E-state index contributed by atoms with van der Waals surface area (Å²) in [6, 6.07) is 0. The minimum Gasteiger partial charge on any atom is -0.386 e. The summed E-state index contributed by atoms with van der Waals surface area (Å²) in [7, 11) is 0. The van der Waals surface area contributed by atoms with E-state index in [-0.39, 0.29) is 10.8 Å². The van der Waals surface area contributed by atoms with Gasteiger partial charge in [0.1, 0.15) is 12.2 Å². The SMILES string of the molecule is CC(C)(C)C1=C(C(C)(C)C)C(O)C1O. The molecule has 82 valence electrons.